The van der Waals surface area contributed by atoms with Gasteiger partial charge in [0, 0.05) is 11.1 Å². The summed E-state index contributed by atoms with van der Waals surface area (Å²) in [5, 5.41) is 2.80. The lowest BCUT2D eigenvalue weighted by atomic mass is 10.1. The van der Waals surface area contributed by atoms with Gasteiger partial charge in [-0.15, -0.1) is 0 Å². The van der Waals surface area contributed by atoms with E-state index in [4.69, 9.17) is 9.47 Å². The molecule has 1 amide bonds. The first-order valence-corrected chi connectivity index (χ1v) is 12.1. The van der Waals surface area contributed by atoms with E-state index in [0.717, 1.165) is 10.6 Å². The van der Waals surface area contributed by atoms with E-state index in [0.29, 0.717) is 29.4 Å². The van der Waals surface area contributed by atoms with Crippen molar-refractivity contribution in [2.75, 3.05) is 23.7 Å². The summed E-state index contributed by atoms with van der Waals surface area (Å²) in [6.45, 7) is 0.408. The second-order valence-electron chi connectivity index (χ2n) is 7.62. The Hall–Kier alpha value is -3.59. The van der Waals surface area contributed by atoms with Crippen molar-refractivity contribution < 1.29 is 27.1 Å². The largest absolute Gasteiger partial charge is 0.486 e. The van der Waals surface area contributed by atoms with Crippen molar-refractivity contribution in [2.24, 2.45) is 0 Å². The number of rotatable bonds is 7. The van der Waals surface area contributed by atoms with Crippen LogP contribution in [-0.2, 0) is 16.6 Å². The molecule has 1 heterocycles. The zero-order valence-electron chi connectivity index (χ0n) is 17.9. The van der Waals surface area contributed by atoms with Crippen LogP contribution in [0.4, 0.5) is 10.1 Å². The van der Waals surface area contributed by atoms with Crippen LogP contribution in [0.15, 0.2) is 72.8 Å². The van der Waals surface area contributed by atoms with E-state index < -0.39 is 15.8 Å². The van der Waals surface area contributed by atoms with Crippen molar-refractivity contribution in [3.63, 3.8) is 0 Å². The van der Waals surface area contributed by atoms with Gasteiger partial charge in [-0.3, -0.25) is 9.10 Å². The summed E-state index contributed by atoms with van der Waals surface area (Å²) in [4.78, 5) is 12.6. The van der Waals surface area contributed by atoms with Gasteiger partial charge in [0.25, 0.3) is 5.91 Å². The van der Waals surface area contributed by atoms with Gasteiger partial charge in [0.15, 0.2) is 11.5 Å². The fraction of sp³-hybridized carbons (Fsp3) is 0.208. The number of hydrogen-bond donors (Lipinski definition) is 1. The highest BCUT2D eigenvalue weighted by molar-refractivity contribution is 7.92. The second-order valence-corrected chi connectivity index (χ2v) is 9.52. The van der Waals surface area contributed by atoms with Crippen LogP contribution in [0, 0.1) is 5.82 Å². The molecule has 9 heteroatoms. The van der Waals surface area contributed by atoms with Crippen molar-refractivity contribution in [3.05, 3.63) is 89.7 Å². The van der Waals surface area contributed by atoms with E-state index in [1.165, 1.54) is 36.4 Å². The molecule has 1 N–H and O–H groups in total. The van der Waals surface area contributed by atoms with E-state index in [2.05, 4.69) is 5.32 Å². The van der Waals surface area contributed by atoms with Gasteiger partial charge < -0.3 is 14.8 Å². The van der Waals surface area contributed by atoms with Crippen molar-refractivity contribution in [1.29, 1.82) is 0 Å². The highest BCUT2D eigenvalue weighted by atomic mass is 32.2. The Kier molecular flexibility index (Phi) is 6.50. The zero-order valence-corrected chi connectivity index (χ0v) is 18.7. The monoisotopic (exact) mass is 470 g/mol. The number of carbonyl (C=O) groups is 1. The molecule has 0 radical (unpaired) electrons. The van der Waals surface area contributed by atoms with E-state index in [1.54, 1.807) is 18.2 Å². The summed E-state index contributed by atoms with van der Waals surface area (Å²) in [5.74, 6) is 0.479. The average Bonchev–Trinajstić information content (AvgIpc) is 2.81. The summed E-state index contributed by atoms with van der Waals surface area (Å²) in [6, 6.07) is 19.4. The standard InChI is InChI=1S/C24H23FN2O5S/c1-33(29,30)27(15-18-6-2-3-7-21(18)25)19-12-10-17(11-13-19)24(28)26-14-20-16-31-22-8-4-5-9-23(22)32-20/h2-13,20H,14-16H2,1H3,(H,26,28)/t20-/m0/s1. The Balaban J connectivity index is 1.41. The third kappa shape index (κ3) is 5.43. The molecule has 0 saturated carbocycles. The average molecular weight is 471 g/mol. The fourth-order valence-electron chi connectivity index (χ4n) is 3.43. The predicted octanol–water partition coefficient (Wildman–Crippen LogP) is 3.36. The minimum absolute atomic E-state index is 0.155. The van der Waals surface area contributed by atoms with Gasteiger partial charge >= 0.3 is 0 Å². The summed E-state index contributed by atoms with van der Waals surface area (Å²) in [6.07, 6.45) is 0.725. The number of amides is 1. The number of fused-ring (bicyclic) bond motifs is 1. The normalized spacial score (nSPS) is 15.0. The van der Waals surface area contributed by atoms with Gasteiger partial charge in [-0.25, -0.2) is 12.8 Å². The van der Waals surface area contributed by atoms with Crippen LogP contribution in [0.3, 0.4) is 0 Å². The molecular formula is C24H23FN2O5S. The number of benzene rings is 3. The van der Waals surface area contributed by atoms with Crippen molar-refractivity contribution in [1.82, 2.24) is 5.32 Å². The lowest BCUT2D eigenvalue weighted by Crippen LogP contribution is -2.40. The maximum Gasteiger partial charge on any atom is 0.251 e. The lowest BCUT2D eigenvalue weighted by molar-refractivity contribution is 0.0789. The first-order valence-electron chi connectivity index (χ1n) is 10.3. The van der Waals surface area contributed by atoms with Gasteiger partial charge in [0.1, 0.15) is 18.5 Å². The van der Waals surface area contributed by atoms with Crippen LogP contribution in [0.5, 0.6) is 11.5 Å². The van der Waals surface area contributed by atoms with Crippen LogP contribution in [0.1, 0.15) is 15.9 Å². The molecule has 1 atom stereocenters. The molecule has 0 fully saturated rings. The van der Waals surface area contributed by atoms with E-state index >= 15 is 0 Å². The van der Waals surface area contributed by atoms with Gasteiger partial charge in [-0.05, 0) is 42.5 Å². The molecule has 0 bridgehead atoms. The molecule has 7 nitrogen and oxygen atoms in total. The Labute approximate surface area is 191 Å². The maximum absolute atomic E-state index is 14.1. The molecular weight excluding hydrogens is 447 g/mol. The number of nitrogens with one attached hydrogen (secondary N) is 1. The molecule has 3 aromatic rings. The van der Waals surface area contributed by atoms with Crippen LogP contribution in [0.25, 0.3) is 0 Å². The molecule has 172 valence electrons. The van der Waals surface area contributed by atoms with Gasteiger partial charge in [-0.2, -0.15) is 0 Å². The zero-order chi connectivity index (χ0) is 23.4. The first-order chi connectivity index (χ1) is 15.8. The Bertz CT molecular complexity index is 1250. The van der Waals surface area contributed by atoms with Crippen LogP contribution in [0.2, 0.25) is 0 Å². The molecule has 0 saturated heterocycles. The van der Waals surface area contributed by atoms with Crippen LogP contribution >= 0.6 is 0 Å². The summed E-state index contributed by atoms with van der Waals surface area (Å²) < 4.78 is 51.3. The number of ether oxygens (including phenoxy) is 2. The summed E-state index contributed by atoms with van der Waals surface area (Å²) >= 11 is 0. The maximum atomic E-state index is 14.1. The number of carbonyl (C=O) groups excluding carboxylic acids is 1. The van der Waals surface area contributed by atoms with E-state index in [-0.39, 0.29) is 30.7 Å². The second kappa shape index (κ2) is 9.50. The highest BCUT2D eigenvalue weighted by Crippen LogP contribution is 2.30. The van der Waals surface area contributed by atoms with Crippen LogP contribution in [-0.4, -0.2) is 39.8 Å². The van der Waals surface area contributed by atoms with Gasteiger partial charge in [0.05, 0.1) is 25.0 Å². The van der Waals surface area contributed by atoms with E-state index in [1.807, 2.05) is 18.2 Å². The molecule has 33 heavy (non-hydrogen) atoms. The quantitative estimate of drug-likeness (QED) is 0.573. The smallest absolute Gasteiger partial charge is 0.251 e. The highest BCUT2D eigenvalue weighted by Gasteiger charge is 2.22. The number of halogens is 1. The number of anilines is 1. The molecule has 4 rings (SSSR count). The Morgan fingerprint density at radius 2 is 1.70 bits per heavy atom. The number of para-hydroxylation sites is 2. The predicted molar refractivity (Wildman–Crippen MR) is 123 cm³/mol. The SMILES string of the molecule is CS(=O)(=O)N(Cc1ccccc1F)c1ccc(C(=O)NC[C@H]2COc3ccccc3O2)cc1. The molecule has 0 unspecified atom stereocenters. The summed E-state index contributed by atoms with van der Waals surface area (Å²) in [7, 11) is -3.68. The first kappa shape index (κ1) is 22.6. The number of nitrogens with zero attached hydrogens (tertiary/aromatic N) is 1. The van der Waals surface area contributed by atoms with Gasteiger partial charge in [-0.1, -0.05) is 30.3 Å². The Morgan fingerprint density at radius 3 is 2.39 bits per heavy atom. The van der Waals surface area contributed by atoms with Crippen molar-refractivity contribution in [2.45, 2.75) is 12.6 Å². The minimum Gasteiger partial charge on any atom is -0.486 e. The van der Waals surface area contributed by atoms with Crippen LogP contribution < -0.4 is 19.1 Å². The molecule has 0 spiro atoms. The van der Waals surface area contributed by atoms with Crippen molar-refractivity contribution in [3.8, 4) is 11.5 Å². The molecule has 1 aliphatic heterocycles. The molecule has 1 aliphatic rings. The van der Waals surface area contributed by atoms with E-state index in [9.17, 15) is 17.6 Å². The van der Waals surface area contributed by atoms with Gasteiger partial charge in [0.2, 0.25) is 10.0 Å². The third-order valence-electron chi connectivity index (χ3n) is 5.15. The van der Waals surface area contributed by atoms with Crippen molar-refractivity contribution >= 4 is 21.6 Å². The third-order valence-corrected chi connectivity index (χ3v) is 6.29. The molecule has 0 aromatic heterocycles. The topological polar surface area (TPSA) is 84.9 Å². The molecule has 3 aromatic carbocycles. The fourth-order valence-corrected chi connectivity index (χ4v) is 4.31. The summed E-state index contributed by atoms with van der Waals surface area (Å²) in [5.41, 5.74) is 0.939. The minimum atomic E-state index is -3.68. The number of hydrogen-bond acceptors (Lipinski definition) is 5. The number of sulfonamides is 1. The lowest BCUT2D eigenvalue weighted by Gasteiger charge is -2.26. The molecule has 0 aliphatic carbocycles. The Morgan fingerprint density at radius 1 is 1.03 bits per heavy atom.